The molecule has 0 unspecified atom stereocenters. The van der Waals surface area contributed by atoms with E-state index in [2.05, 4.69) is 157 Å². The van der Waals surface area contributed by atoms with E-state index in [0.717, 1.165) is 33.4 Å². The number of benzene rings is 7. The standard InChI is InChI=1S/C44H26O/c1-2-11-29(12-3-1)30-21-25-32(26-22-30)42-36-14-4-6-16-38(36)43(39-17-7-5-15-37(39)42)33-27-23-31(24-28-33)34-18-10-19-40-35-13-8-9-20-41(35)45-44(34)40/h1-7,10-28H. The molecule has 8 aromatic rings. The smallest absolute Gasteiger partial charge is 0.144 e. The van der Waals surface area contributed by atoms with Gasteiger partial charge in [0, 0.05) is 28.7 Å². The summed E-state index contributed by atoms with van der Waals surface area (Å²) in [4.78, 5) is 0. The van der Waals surface area contributed by atoms with Crippen LogP contribution in [0.1, 0.15) is 11.3 Å². The predicted octanol–water partition coefficient (Wildman–Crippen LogP) is 12.2. The lowest BCUT2D eigenvalue weighted by Gasteiger charge is -2.18. The molecular formula is C44H26O. The van der Waals surface area contributed by atoms with E-state index >= 15 is 0 Å². The first kappa shape index (κ1) is 25.4. The summed E-state index contributed by atoms with van der Waals surface area (Å²) in [6.07, 6.45) is 3.81. The molecule has 45 heavy (non-hydrogen) atoms. The van der Waals surface area contributed by atoms with E-state index in [4.69, 9.17) is 4.42 Å². The van der Waals surface area contributed by atoms with Crippen LogP contribution < -0.4 is 0 Å². The highest BCUT2D eigenvalue weighted by Gasteiger charge is 2.18. The van der Waals surface area contributed by atoms with Gasteiger partial charge in [-0.25, -0.2) is 0 Å². The first-order valence-electron chi connectivity index (χ1n) is 15.3. The monoisotopic (exact) mass is 570 g/mol. The molecule has 0 fully saturated rings. The normalized spacial score (nSPS) is 11.9. The van der Waals surface area contributed by atoms with Crippen LogP contribution in [0.25, 0.3) is 89.2 Å². The van der Waals surface area contributed by atoms with E-state index in [1.165, 1.54) is 54.9 Å². The van der Waals surface area contributed by atoms with E-state index in [1.54, 1.807) is 0 Å². The minimum atomic E-state index is 0.834. The van der Waals surface area contributed by atoms with Crippen LogP contribution in [0.2, 0.25) is 0 Å². The Hall–Kier alpha value is -6.10. The maximum absolute atomic E-state index is 6.30. The van der Waals surface area contributed by atoms with Crippen molar-refractivity contribution in [3.63, 3.8) is 0 Å². The van der Waals surface area contributed by atoms with Gasteiger partial charge < -0.3 is 4.42 Å². The van der Waals surface area contributed by atoms with Crippen LogP contribution in [-0.4, -0.2) is 0 Å². The summed E-state index contributed by atoms with van der Waals surface area (Å²) in [6, 6.07) is 52.5. The molecule has 0 aliphatic heterocycles. The zero-order valence-corrected chi connectivity index (χ0v) is 24.4. The summed E-state index contributed by atoms with van der Waals surface area (Å²) in [5.74, 6) is 0.834. The van der Waals surface area contributed by atoms with Crippen molar-refractivity contribution in [1.29, 1.82) is 0 Å². The Morgan fingerprint density at radius 2 is 0.822 bits per heavy atom. The minimum absolute atomic E-state index is 0.834. The van der Waals surface area contributed by atoms with Gasteiger partial charge in [0.25, 0.3) is 0 Å². The fourth-order valence-corrected chi connectivity index (χ4v) is 6.89. The van der Waals surface area contributed by atoms with Gasteiger partial charge in [-0.2, -0.15) is 0 Å². The van der Waals surface area contributed by atoms with Gasteiger partial charge in [-0.3, -0.25) is 0 Å². The zero-order valence-electron chi connectivity index (χ0n) is 24.4. The molecule has 9 rings (SSSR count). The molecule has 0 bridgehead atoms. The maximum Gasteiger partial charge on any atom is 0.144 e. The molecule has 7 aromatic carbocycles. The quantitative estimate of drug-likeness (QED) is 0.151. The van der Waals surface area contributed by atoms with Crippen molar-refractivity contribution in [2.24, 2.45) is 0 Å². The summed E-state index contributed by atoms with van der Waals surface area (Å²) in [5, 5.41) is 6.10. The largest absolute Gasteiger partial charge is 0.455 e. The van der Waals surface area contributed by atoms with Crippen molar-refractivity contribution < 1.29 is 4.42 Å². The van der Waals surface area contributed by atoms with Crippen molar-refractivity contribution in [2.75, 3.05) is 0 Å². The SMILES string of the molecule is C1=C=Cc2c(oc3c(-c4ccc(-c5c6ccccc6c(-c6ccc(-c7ccccc7)cc6)c6ccccc56)cc4)cccc23)C=1. The van der Waals surface area contributed by atoms with Gasteiger partial charge >= 0.3 is 0 Å². The van der Waals surface area contributed by atoms with E-state index in [0.29, 0.717) is 0 Å². The molecule has 0 spiro atoms. The summed E-state index contributed by atoms with van der Waals surface area (Å²) >= 11 is 0. The van der Waals surface area contributed by atoms with Crippen molar-refractivity contribution in [2.45, 2.75) is 0 Å². The van der Waals surface area contributed by atoms with Gasteiger partial charge in [0.05, 0.1) is 0 Å². The molecule has 1 aliphatic rings. The number of para-hydroxylation sites is 1. The summed E-state index contributed by atoms with van der Waals surface area (Å²) in [5.41, 5.74) is 17.6. The highest BCUT2D eigenvalue weighted by atomic mass is 16.3. The lowest BCUT2D eigenvalue weighted by atomic mass is 9.85. The topological polar surface area (TPSA) is 13.1 Å². The Balaban J connectivity index is 1.19. The van der Waals surface area contributed by atoms with Crippen LogP contribution >= 0.6 is 0 Å². The van der Waals surface area contributed by atoms with Crippen molar-refractivity contribution >= 4 is 44.7 Å². The molecule has 0 saturated carbocycles. The molecule has 0 radical (unpaired) electrons. The highest BCUT2D eigenvalue weighted by molar-refractivity contribution is 6.21. The average molecular weight is 571 g/mol. The third kappa shape index (κ3) is 4.12. The molecule has 0 saturated heterocycles. The van der Waals surface area contributed by atoms with E-state index < -0.39 is 0 Å². The van der Waals surface area contributed by atoms with Gasteiger partial charge in [0.2, 0.25) is 0 Å². The Labute approximate surface area is 261 Å². The number of rotatable bonds is 4. The molecule has 0 N–H and O–H groups in total. The third-order valence-electron chi connectivity index (χ3n) is 8.98. The Morgan fingerprint density at radius 1 is 0.356 bits per heavy atom. The highest BCUT2D eigenvalue weighted by Crippen LogP contribution is 2.44. The average Bonchev–Trinajstić information content (AvgIpc) is 3.50. The van der Waals surface area contributed by atoms with E-state index in [1.807, 2.05) is 12.2 Å². The first-order chi connectivity index (χ1) is 22.3. The van der Waals surface area contributed by atoms with E-state index in [9.17, 15) is 0 Å². The van der Waals surface area contributed by atoms with Crippen molar-refractivity contribution in [3.8, 4) is 44.5 Å². The molecule has 1 nitrogen and oxygen atoms in total. The van der Waals surface area contributed by atoms with Crippen LogP contribution in [0.4, 0.5) is 0 Å². The van der Waals surface area contributed by atoms with Crippen LogP contribution in [-0.2, 0) is 0 Å². The van der Waals surface area contributed by atoms with Crippen LogP contribution in [0.5, 0.6) is 0 Å². The number of hydrogen-bond acceptors (Lipinski definition) is 1. The van der Waals surface area contributed by atoms with E-state index in [-0.39, 0.29) is 0 Å². The van der Waals surface area contributed by atoms with Gasteiger partial charge in [0.1, 0.15) is 11.3 Å². The Kier molecular flexibility index (Phi) is 5.80. The molecular weight excluding hydrogens is 544 g/mol. The van der Waals surface area contributed by atoms with Crippen molar-refractivity contribution in [1.82, 2.24) is 0 Å². The second kappa shape index (κ2) is 10.3. The van der Waals surface area contributed by atoms with Crippen LogP contribution in [0.3, 0.4) is 0 Å². The minimum Gasteiger partial charge on any atom is -0.455 e. The van der Waals surface area contributed by atoms with Crippen LogP contribution in [0.15, 0.2) is 161 Å². The number of fused-ring (bicyclic) bond motifs is 5. The lowest BCUT2D eigenvalue weighted by Crippen LogP contribution is -1.91. The first-order valence-corrected chi connectivity index (χ1v) is 15.3. The van der Waals surface area contributed by atoms with Gasteiger partial charge in [-0.15, -0.1) is 0 Å². The molecule has 208 valence electrons. The molecule has 1 aliphatic carbocycles. The summed E-state index contributed by atoms with van der Waals surface area (Å²) in [7, 11) is 0. The van der Waals surface area contributed by atoms with Gasteiger partial charge in [-0.1, -0.05) is 157 Å². The number of furan rings is 1. The summed E-state index contributed by atoms with van der Waals surface area (Å²) < 4.78 is 6.30. The second-order valence-corrected chi connectivity index (χ2v) is 11.5. The number of hydrogen-bond donors (Lipinski definition) is 0. The van der Waals surface area contributed by atoms with Gasteiger partial charge in [-0.05, 0) is 60.5 Å². The summed E-state index contributed by atoms with van der Waals surface area (Å²) in [6.45, 7) is 0. The molecule has 0 amide bonds. The second-order valence-electron chi connectivity index (χ2n) is 11.5. The molecule has 1 aromatic heterocycles. The van der Waals surface area contributed by atoms with Crippen LogP contribution in [0, 0.1) is 0 Å². The fraction of sp³-hybridized carbons (Fsp3) is 0. The maximum atomic E-state index is 6.30. The third-order valence-corrected chi connectivity index (χ3v) is 8.98. The Morgan fingerprint density at radius 3 is 1.42 bits per heavy atom. The lowest BCUT2D eigenvalue weighted by molar-refractivity contribution is 0.604. The molecule has 1 heteroatoms. The van der Waals surface area contributed by atoms with Crippen molar-refractivity contribution in [3.05, 3.63) is 168 Å². The molecule has 0 atom stereocenters. The zero-order chi connectivity index (χ0) is 29.7. The predicted molar refractivity (Wildman–Crippen MR) is 189 cm³/mol. The van der Waals surface area contributed by atoms with Gasteiger partial charge in [0.15, 0.2) is 0 Å². The Bertz CT molecular complexity index is 2460. The fourth-order valence-electron chi connectivity index (χ4n) is 6.89. The molecule has 1 heterocycles.